The number of aromatic carboxylic acids is 1. The van der Waals surface area contributed by atoms with Crippen LogP contribution in [0.25, 0.3) is 0 Å². The SMILES string of the molecule is CC[C@H](C)NS(=O)(=O)c1cc(C(=O)O)ccc1NC(C)(C)C. The van der Waals surface area contributed by atoms with Gasteiger partial charge in [0.25, 0.3) is 0 Å². The average Bonchev–Trinajstić information content (AvgIpc) is 2.36. The van der Waals surface area contributed by atoms with Crippen LogP contribution in [0.1, 0.15) is 51.4 Å². The van der Waals surface area contributed by atoms with Gasteiger partial charge >= 0.3 is 5.97 Å². The number of rotatable bonds is 6. The molecule has 22 heavy (non-hydrogen) atoms. The fourth-order valence-corrected chi connectivity index (χ4v) is 3.31. The first kappa shape index (κ1) is 18.4. The van der Waals surface area contributed by atoms with E-state index >= 15 is 0 Å². The number of sulfonamides is 1. The summed E-state index contributed by atoms with van der Waals surface area (Å²) in [4.78, 5) is 11.1. The van der Waals surface area contributed by atoms with Crippen molar-refractivity contribution in [2.45, 2.75) is 57.5 Å². The van der Waals surface area contributed by atoms with Crippen molar-refractivity contribution in [2.24, 2.45) is 0 Å². The van der Waals surface area contributed by atoms with Crippen molar-refractivity contribution in [1.82, 2.24) is 4.72 Å². The molecule has 1 aromatic carbocycles. The van der Waals surface area contributed by atoms with Crippen molar-refractivity contribution in [2.75, 3.05) is 5.32 Å². The highest BCUT2D eigenvalue weighted by molar-refractivity contribution is 7.89. The third-order valence-electron chi connectivity index (χ3n) is 3.00. The van der Waals surface area contributed by atoms with E-state index in [1.165, 1.54) is 18.2 Å². The summed E-state index contributed by atoms with van der Waals surface area (Å²) in [6.45, 7) is 9.33. The van der Waals surface area contributed by atoms with Gasteiger partial charge in [0.05, 0.1) is 11.3 Å². The fraction of sp³-hybridized carbons (Fsp3) is 0.533. The van der Waals surface area contributed by atoms with E-state index in [9.17, 15) is 13.2 Å². The monoisotopic (exact) mass is 328 g/mol. The molecule has 0 bridgehead atoms. The van der Waals surface area contributed by atoms with E-state index in [2.05, 4.69) is 10.0 Å². The summed E-state index contributed by atoms with van der Waals surface area (Å²) in [7, 11) is -3.81. The molecule has 0 aliphatic rings. The van der Waals surface area contributed by atoms with Crippen molar-refractivity contribution < 1.29 is 18.3 Å². The second-order valence-electron chi connectivity index (χ2n) is 6.32. The van der Waals surface area contributed by atoms with Gasteiger partial charge in [-0.15, -0.1) is 0 Å². The Bertz CT molecular complexity index is 648. The normalized spacial score (nSPS) is 13.7. The van der Waals surface area contributed by atoms with Crippen LogP contribution in [-0.4, -0.2) is 31.1 Å². The Morgan fingerprint density at radius 3 is 2.36 bits per heavy atom. The first-order valence-corrected chi connectivity index (χ1v) is 8.62. The van der Waals surface area contributed by atoms with Crippen LogP contribution in [-0.2, 0) is 10.0 Å². The summed E-state index contributed by atoms with van der Waals surface area (Å²) in [6.07, 6.45) is 0.639. The van der Waals surface area contributed by atoms with Gasteiger partial charge in [0, 0.05) is 11.6 Å². The van der Waals surface area contributed by atoms with E-state index in [4.69, 9.17) is 5.11 Å². The molecule has 0 fully saturated rings. The number of anilines is 1. The summed E-state index contributed by atoms with van der Waals surface area (Å²) in [5, 5.41) is 12.2. The molecule has 0 heterocycles. The van der Waals surface area contributed by atoms with Crippen molar-refractivity contribution >= 4 is 21.7 Å². The molecule has 0 amide bonds. The first-order valence-electron chi connectivity index (χ1n) is 7.14. The molecule has 6 nitrogen and oxygen atoms in total. The van der Waals surface area contributed by atoms with Crippen molar-refractivity contribution in [3.63, 3.8) is 0 Å². The Labute approximate surface area is 132 Å². The van der Waals surface area contributed by atoms with E-state index in [1.54, 1.807) is 6.92 Å². The second-order valence-corrected chi connectivity index (χ2v) is 8.00. The number of carbonyl (C=O) groups is 1. The molecule has 0 saturated heterocycles. The van der Waals surface area contributed by atoms with E-state index in [0.717, 1.165) is 0 Å². The maximum atomic E-state index is 12.5. The minimum atomic E-state index is -3.81. The minimum Gasteiger partial charge on any atom is -0.478 e. The van der Waals surface area contributed by atoms with Gasteiger partial charge in [0.15, 0.2) is 0 Å². The lowest BCUT2D eigenvalue weighted by molar-refractivity contribution is 0.0696. The molecule has 0 aliphatic carbocycles. The quantitative estimate of drug-likeness (QED) is 0.746. The van der Waals surface area contributed by atoms with Gasteiger partial charge in [-0.1, -0.05) is 6.92 Å². The number of carboxylic acids is 1. The molecule has 1 rings (SSSR count). The highest BCUT2D eigenvalue weighted by atomic mass is 32.2. The van der Waals surface area contributed by atoms with Gasteiger partial charge in [0.1, 0.15) is 4.90 Å². The van der Waals surface area contributed by atoms with Gasteiger partial charge in [-0.3, -0.25) is 0 Å². The van der Waals surface area contributed by atoms with Crippen LogP contribution in [0, 0.1) is 0 Å². The lowest BCUT2D eigenvalue weighted by Crippen LogP contribution is -2.34. The molecule has 0 radical (unpaired) electrons. The largest absolute Gasteiger partial charge is 0.478 e. The predicted molar refractivity (Wildman–Crippen MR) is 86.9 cm³/mol. The van der Waals surface area contributed by atoms with Crippen molar-refractivity contribution in [1.29, 1.82) is 0 Å². The number of benzene rings is 1. The second kappa shape index (κ2) is 6.66. The van der Waals surface area contributed by atoms with Crippen molar-refractivity contribution in [3.8, 4) is 0 Å². The zero-order valence-electron chi connectivity index (χ0n) is 13.6. The highest BCUT2D eigenvalue weighted by Gasteiger charge is 2.24. The topological polar surface area (TPSA) is 95.5 Å². The van der Waals surface area contributed by atoms with Crippen molar-refractivity contribution in [3.05, 3.63) is 23.8 Å². The van der Waals surface area contributed by atoms with Crippen LogP contribution in [0.2, 0.25) is 0 Å². The van der Waals surface area contributed by atoms with E-state index in [0.29, 0.717) is 12.1 Å². The van der Waals surface area contributed by atoms with Crippen LogP contribution < -0.4 is 10.0 Å². The maximum Gasteiger partial charge on any atom is 0.335 e. The molecule has 0 aromatic heterocycles. The Hall–Kier alpha value is -1.60. The Morgan fingerprint density at radius 2 is 1.91 bits per heavy atom. The zero-order chi connectivity index (χ0) is 17.1. The molecule has 1 atom stereocenters. The molecule has 7 heteroatoms. The number of carboxylic acid groups (broad SMARTS) is 1. The standard InChI is InChI=1S/C15H24N2O4S/c1-6-10(2)17-22(20,21)13-9-11(14(18)19)7-8-12(13)16-15(3,4)5/h7-10,16-17H,6H2,1-5H3,(H,18,19)/t10-/m0/s1. The van der Waals surface area contributed by atoms with Crippen LogP contribution in [0.4, 0.5) is 5.69 Å². The summed E-state index contributed by atoms with van der Waals surface area (Å²) in [6, 6.07) is 3.82. The Kier molecular flexibility index (Phi) is 5.59. The molecule has 0 spiro atoms. The van der Waals surface area contributed by atoms with Crippen LogP contribution >= 0.6 is 0 Å². The first-order chi connectivity index (χ1) is 9.96. The summed E-state index contributed by atoms with van der Waals surface area (Å²) >= 11 is 0. The Morgan fingerprint density at radius 1 is 1.32 bits per heavy atom. The van der Waals surface area contributed by atoms with Gasteiger partial charge in [0.2, 0.25) is 10.0 Å². The van der Waals surface area contributed by atoms with Gasteiger partial charge < -0.3 is 10.4 Å². The van der Waals surface area contributed by atoms with E-state index < -0.39 is 16.0 Å². The fourth-order valence-electron chi connectivity index (χ4n) is 1.80. The van der Waals surface area contributed by atoms with Crippen LogP contribution in [0.15, 0.2) is 23.1 Å². The molecule has 124 valence electrons. The zero-order valence-corrected chi connectivity index (χ0v) is 14.4. The number of hydrogen-bond acceptors (Lipinski definition) is 4. The third-order valence-corrected chi connectivity index (χ3v) is 4.63. The van der Waals surface area contributed by atoms with Gasteiger partial charge in [-0.25, -0.2) is 17.9 Å². The average molecular weight is 328 g/mol. The van der Waals surface area contributed by atoms with Gasteiger partial charge in [-0.2, -0.15) is 0 Å². The molecular formula is C15H24N2O4S. The van der Waals surface area contributed by atoms with Crippen LogP contribution in [0.5, 0.6) is 0 Å². The molecule has 1 aromatic rings. The maximum absolute atomic E-state index is 12.5. The number of hydrogen-bond donors (Lipinski definition) is 3. The van der Waals surface area contributed by atoms with E-state index in [-0.39, 0.29) is 22.0 Å². The number of nitrogens with one attached hydrogen (secondary N) is 2. The smallest absolute Gasteiger partial charge is 0.335 e. The lowest BCUT2D eigenvalue weighted by Gasteiger charge is -2.24. The van der Waals surface area contributed by atoms with Crippen LogP contribution in [0.3, 0.4) is 0 Å². The lowest BCUT2D eigenvalue weighted by atomic mass is 10.1. The van der Waals surface area contributed by atoms with Gasteiger partial charge in [-0.05, 0) is 52.3 Å². The predicted octanol–water partition coefficient (Wildman–Crippen LogP) is 2.67. The van der Waals surface area contributed by atoms with E-state index in [1.807, 2.05) is 27.7 Å². The highest BCUT2D eigenvalue weighted by Crippen LogP contribution is 2.26. The summed E-state index contributed by atoms with van der Waals surface area (Å²) in [5.74, 6) is -1.16. The third kappa shape index (κ3) is 4.99. The Balaban J connectivity index is 3.39. The molecular weight excluding hydrogens is 304 g/mol. The molecule has 3 N–H and O–H groups in total. The minimum absolute atomic E-state index is 0.0531. The molecule has 0 saturated carbocycles. The molecule has 0 unspecified atom stereocenters. The summed E-state index contributed by atoms with van der Waals surface area (Å²) in [5.41, 5.74) is -0.0388. The molecule has 0 aliphatic heterocycles. The summed E-state index contributed by atoms with van der Waals surface area (Å²) < 4.78 is 27.6.